The summed E-state index contributed by atoms with van der Waals surface area (Å²) < 4.78 is 11.1. The van der Waals surface area contributed by atoms with Crippen molar-refractivity contribution in [3.05, 3.63) is 28.5 Å². The van der Waals surface area contributed by atoms with E-state index in [1.807, 2.05) is 12.1 Å². The molecule has 2 heterocycles. The molecule has 0 aromatic carbocycles. The van der Waals surface area contributed by atoms with Crippen molar-refractivity contribution >= 4 is 21.9 Å². The highest BCUT2D eigenvalue weighted by atomic mass is 79.9. The average Bonchev–Trinajstić information content (AvgIpc) is 2.29. The second kappa shape index (κ2) is 5.12. The minimum absolute atomic E-state index is 0.0596. The van der Waals surface area contributed by atoms with Crippen LogP contribution in [-0.2, 0) is 19.9 Å². The van der Waals surface area contributed by atoms with Crippen LogP contribution in [-0.4, -0.2) is 37.8 Å². The fourth-order valence-corrected chi connectivity index (χ4v) is 1.85. The standard InChI is InChI=1S/C11H13BrN2O3/c1-16-10(15)5-17-11(6-13-7-11)9-3-2-8(12)4-14-9/h2-4,13H,5-7H2,1H3. The van der Waals surface area contributed by atoms with E-state index in [-0.39, 0.29) is 12.6 Å². The molecule has 1 aromatic rings. The van der Waals surface area contributed by atoms with Crippen LogP contribution in [0.2, 0.25) is 0 Å². The lowest BCUT2D eigenvalue weighted by Gasteiger charge is -2.41. The van der Waals surface area contributed by atoms with Gasteiger partial charge in [-0.3, -0.25) is 4.98 Å². The van der Waals surface area contributed by atoms with Gasteiger partial charge in [0.05, 0.1) is 12.8 Å². The first-order chi connectivity index (χ1) is 8.16. The number of nitrogens with one attached hydrogen (secondary N) is 1. The van der Waals surface area contributed by atoms with Gasteiger partial charge in [0.25, 0.3) is 0 Å². The molecule has 1 saturated heterocycles. The first kappa shape index (κ1) is 12.5. The van der Waals surface area contributed by atoms with Crippen LogP contribution in [0.3, 0.4) is 0 Å². The number of aromatic nitrogens is 1. The largest absolute Gasteiger partial charge is 0.467 e. The Morgan fingerprint density at radius 2 is 2.35 bits per heavy atom. The van der Waals surface area contributed by atoms with Gasteiger partial charge in [0.15, 0.2) is 0 Å². The summed E-state index contributed by atoms with van der Waals surface area (Å²) in [5, 5.41) is 3.13. The third-order valence-electron chi connectivity index (χ3n) is 2.71. The van der Waals surface area contributed by atoms with Crippen molar-refractivity contribution in [3.8, 4) is 0 Å². The van der Waals surface area contributed by atoms with E-state index in [0.717, 1.165) is 10.2 Å². The zero-order valence-electron chi connectivity index (χ0n) is 9.40. The molecule has 0 aliphatic carbocycles. The Morgan fingerprint density at radius 1 is 1.59 bits per heavy atom. The monoisotopic (exact) mass is 300 g/mol. The van der Waals surface area contributed by atoms with Gasteiger partial charge >= 0.3 is 5.97 Å². The molecule has 2 rings (SSSR count). The van der Waals surface area contributed by atoms with Crippen LogP contribution in [0.15, 0.2) is 22.8 Å². The van der Waals surface area contributed by atoms with Gasteiger partial charge in [0, 0.05) is 23.8 Å². The fraction of sp³-hybridized carbons (Fsp3) is 0.455. The van der Waals surface area contributed by atoms with Gasteiger partial charge in [0.1, 0.15) is 12.2 Å². The minimum Gasteiger partial charge on any atom is -0.467 e. The normalized spacial score (nSPS) is 17.3. The number of ether oxygens (including phenoxy) is 2. The van der Waals surface area contributed by atoms with Gasteiger partial charge in [-0.25, -0.2) is 4.79 Å². The fourth-order valence-electron chi connectivity index (χ4n) is 1.61. The Balaban J connectivity index is 2.08. The average molecular weight is 301 g/mol. The van der Waals surface area contributed by atoms with Crippen molar-refractivity contribution in [1.82, 2.24) is 10.3 Å². The van der Waals surface area contributed by atoms with Gasteiger partial charge in [0.2, 0.25) is 0 Å². The molecule has 17 heavy (non-hydrogen) atoms. The highest BCUT2D eigenvalue weighted by Gasteiger charge is 2.41. The second-order valence-corrected chi connectivity index (χ2v) is 4.74. The molecule has 1 aromatic heterocycles. The van der Waals surface area contributed by atoms with E-state index in [0.29, 0.717) is 13.1 Å². The number of rotatable bonds is 4. The van der Waals surface area contributed by atoms with E-state index >= 15 is 0 Å². The number of esters is 1. The number of halogens is 1. The lowest BCUT2D eigenvalue weighted by Crippen LogP contribution is -2.59. The molecule has 0 spiro atoms. The Morgan fingerprint density at radius 3 is 2.82 bits per heavy atom. The molecule has 5 nitrogen and oxygen atoms in total. The number of hydrogen-bond acceptors (Lipinski definition) is 5. The van der Waals surface area contributed by atoms with Gasteiger partial charge in [-0.05, 0) is 28.1 Å². The molecule has 92 valence electrons. The molecular weight excluding hydrogens is 288 g/mol. The Labute approximate surface area is 108 Å². The smallest absolute Gasteiger partial charge is 0.331 e. The van der Waals surface area contributed by atoms with E-state index in [1.165, 1.54) is 7.11 Å². The van der Waals surface area contributed by atoms with E-state index in [1.54, 1.807) is 6.20 Å². The van der Waals surface area contributed by atoms with Gasteiger partial charge < -0.3 is 14.8 Å². The van der Waals surface area contributed by atoms with Crippen LogP contribution in [0.1, 0.15) is 5.69 Å². The van der Waals surface area contributed by atoms with Crippen molar-refractivity contribution in [3.63, 3.8) is 0 Å². The minimum atomic E-state index is -0.505. The molecule has 0 unspecified atom stereocenters. The molecule has 0 amide bonds. The summed E-state index contributed by atoms with van der Waals surface area (Å²) in [5.41, 5.74) is 0.317. The van der Waals surface area contributed by atoms with Crippen LogP contribution >= 0.6 is 15.9 Å². The summed E-state index contributed by atoms with van der Waals surface area (Å²) in [6.07, 6.45) is 1.72. The Kier molecular flexibility index (Phi) is 3.76. The maximum Gasteiger partial charge on any atom is 0.331 e. The topological polar surface area (TPSA) is 60.5 Å². The molecular formula is C11H13BrN2O3. The zero-order chi connectivity index (χ0) is 12.3. The molecule has 0 atom stereocenters. The van der Waals surface area contributed by atoms with E-state index in [2.05, 4.69) is 31.0 Å². The highest BCUT2D eigenvalue weighted by Crippen LogP contribution is 2.29. The first-order valence-corrected chi connectivity index (χ1v) is 5.99. The summed E-state index contributed by atoms with van der Waals surface area (Å²) in [6, 6.07) is 3.80. The predicted molar refractivity (Wildman–Crippen MR) is 64.5 cm³/mol. The molecule has 1 aliphatic heterocycles. The lowest BCUT2D eigenvalue weighted by molar-refractivity contribution is -0.159. The summed E-state index contributed by atoms with van der Waals surface area (Å²) in [4.78, 5) is 15.4. The summed E-state index contributed by atoms with van der Waals surface area (Å²) in [5.74, 6) is -0.381. The summed E-state index contributed by atoms with van der Waals surface area (Å²) in [6.45, 7) is 1.24. The third-order valence-corrected chi connectivity index (χ3v) is 3.18. The van der Waals surface area contributed by atoms with Crippen LogP contribution in [0.25, 0.3) is 0 Å². The molecule has 0 saturated carbocycles. The second-order valence-electron chi connectivity index (χ2n) is 3.82. The van der Waals surface area contributed by atoms with Gasteiger partial charge in [-0.2, -0.15) is 0 Å². The first-order valence-electron chi connectivity index (χ1n) is 5.20. The van der Waals surface area contributed by atoms with Crippen LogP contribution in [0, 0.1) is 0 Å². The molecule has 6 heteroatoms. The van der Waals surface area contributed by atoms with Crippen molar-refractivity contribution in [2.75, 3.05) is 26.8 Å². The summed E-state index contributed by atoms with van der Waals surface area (Å²) >= 11 is 3.33. The van der Waals surface area contributed by atoms with E-state index < -0.39 is 5.60 Å². The number of carbonyl (C=O) groups excluding carboxylic acids is 1. The highest BCUT2D eigenvalue weighted by molar-refractivity contribution is 9.10. The molecule has 1 fully saturated rings. The number of pyridine rings is 1. The Hall–Kier alpha value is -0.980. The van der Waals surface area contributed by atoms with Crippen LogP contribution in [0.5, 0.6) is 0 Å². The number of hydrogen-bond donors (Lipinski definition) is 1. The van der Waals surface area contributed by atoms with Crippen LogP contribution in [0.4, 0.5) is 0 Å². The quantitative estimate of drug-likeness (QED) is 0.835. The van der Waals surface area contributed by atoms with Gasteiger partial charge in [-0.1, -0.05) is 0 Å². The maximum atomic E-state index is 11.1. The van der Waals surface area contributed by atoms with E-state index in [4.69, 9.17) is 4.74 Å². The van der Waals surface area contributed by atoms with Crippen molar-refractivity contribution in [2.24, 2.45) is 0 Å². The van der Waals surface area contributed by atoms with Crippen molar-refractivity contribution in [1.29, 1.82) is 0 Å². The SMILES string of the molecule is COC(=O)COC1(c2ccc(Br)cn2)CNC1. The molecule has 0 bridgehead atoms. The third kappa shape index (κ3) is 2.65. The lowest BCUT2D eigenvalue weighted by atomic mass is 9.92. The molecule has 1 aliphatic rings. The predicted octanol–water partition coefficient (Wildman–Crippen LogP) is 0.832. The maximum absolute atomic E-state index is 11.1. The van der Waals surface area contributed by atoms with Crippen molar-refractivity contribution < 1.29 is 14.3 Å². The van der Waals surface area contributed by atoms with Crippen LogP contribution < -0.4 is 5.32 Å². The number of carbonyl (C=O) groups is 1. The van der Waals surface area contributed by atoms with E-state index in [9.17, 15) is 4.79 Å². The number of methoxy groups -OCH3 is 1. The Bertz CT molecular complexity index is 404. The van der Waals surface area contributed by atoms with Gasteiger partial charge in [-0.15, -0.1) is 0 Å². The number of nitrogens with zero attached hydrogens (tertiary/aromatic N) is 1. The summed E-state index contributed by atoms with van der Waals surface area (Å²) in [7, 11) is 1.34. The molecule has 0 radical (unpaired) electrons. The zero-order valence-corrected chi connectivity index (χ0v) is 11.0. The van der Waals surface area contributed by atoms with Crippen molar-refractivity contribution in [2.45, 2.75) is 5.60 Å². The molecule has 1 N–H and O–H groups in total.